The second-order valence-electron chi connectivity index (χ2n) is 6.25. The summed E-state index contributed by atoms with van der Waals surface area (Å²) in [5.74, 6) is 0.569. The summed E-state index contributed by atoms with van der Waals surface area (Å²) in [7, 11) is 8.27. The van der Waals surface area contributed by atoms with E-state index < -0.39 is 25.1 Å². The van der Waals surface area contributed by atoms with Crippen molar-refractivity contribution in [2.45, 2.75) is 58.2 Å². The number of halogens is 2. The molecule has 1 fully saturated rings. The van der Waals surface area contributed by atoms with Crippen molar-refractivity contribution in [3.05, 3.63) is 30.7 Å². The SMILES string of the molecule is Cc1cc(C)c(O)c([Si](C)(C)C2CCCC2)c1.[CH3-].[Cl][Ti][Cl]. The molecule has 0 unspecified atom stereocenters. The van der Waals surface area contributed by atoms with Crippen LogP contribution < -0.4 is 5.19 Å². The minimum absolute atomic E-state index is 0. The maximum atomic E-state index is 10.4. The molecule has 0 radical (unpaired) electrons. The molecule has 1 aliphatic carbocycles. The molecule has 1 aliphatic rings. The van der Waals surface area contributed by atoms with Crippen LogP contribution in [0.25, 0.3) is 0 Å². The van der Waals surface area contributed by atoms with Crippen LogP contribution >= 0.6 is 18.6 Å². The summed E-state index contributed by atoms with van der Waals surface area (Å²) in [6.07, 6.45) is 5.50. The van der Waals surface area contributed by atoms with Crippen LogP contribution in [0.2, 0.25) is 18.6 Å². The topological polar surface area (TPSA) is 20.2 Å². The van der Waals surface area contributed by atoms with Gasteiger partial charge in [0.2, 0.25) is 0 Å². The molecule has 21 heavy (non-hydrogen) atoms. The van der Waals surface area contributed by atoms with Gasteiger partial charge in [-0.05, 0) is 30.1 Å². The Bertz CT molecular complexity index is 446. The van der Waals surface area contributed by atoms with E-state index in [4.69, 9.17) is 18.6 Å². The molecule has 1 aromatic rings. The molecule has 0 aromatic heterocycles. The molecule has 1 saturated carbocycles. The Morgan fingerprint density at radius 1 is 1.14 bits per heavy atom. The predicted octanol–water partition coefficient (Wildman–Crippen LogP) is 5.70. The van der Waals surface area contributed by atoms with Gasteiger partial charge < -0.3 is 12.5 Å². The molecule has 1 nitrogen and oxygen atoms in total. The number of aromatic hydroxyl groups is 1. The molecule has 0 saturated heterocycles. The fraction of sp³-hybridized carbons (Fsp3) is 0.562. The van der Waals surface area contributed by atoms with Gasteiger partial charge >= 0.3 is 35.6 Å². The van der Waals surface area contributed by atoms with Crippen molar-refractivity contribution in [2.24, 2.45) is 0 Å². The third-order valence-electron chi connectivity index (χ3n) is 4.51. The molecule has 120 valence electrons. The number of benzene rings is 1. The average Bonchev–Trinajstić information content (AvgIpc) is 2.89. The van der Waals surface area contributed by atoms with Crippen molar-refractivity contribution in [1.29, 1.82) is 0 Å². The molecule has 0 heterocycles. The molecule has 0 atom stereocenters. The second-order valence-corrected chi connectivity index (χ2v) is 13.6. The van der Waals surface area contributed by atoms with Gasteiger partial charge in [-0.3, -0.25) is 0 Å². The van der Waals surface area contributed by atoms with Crippen molar-refractivity contribution in [3.63, 3.8) is 0 Å². The van der Waals surface area contributed by atoms with Crippen molar-refractivity contribution in [2.75, 3.05) is 0 Å². The molecule has 1 N–H and O–H groups in total. The van der Waals surface area contributed by atoms with Crippen molar-refractivity contribution in [3.8, 4) is 5.75 Å². The summed E-state index contributed by atoms with van der Waals surface area (Å²) < 4.78 is 0. The first-order valence-corrected chi connectivity index (χ1v) is 14.5. The van der Waals surface area contributed by atoms with Crippen molar-refractivity contribution >= 4 is 31.9 Å². The van der Waals surface area contributed by atoms with Crippen LogP contribution in [-0.2, 0) is 17.0 Å². The Labute approximate surface area is 148 Å². The third kappa shape index (κ3) is 5.58. The van der Waals surface area contributed by atoms with Crippen molar-refractivity contribution in [1.82, 2.24) is 0 Å². The zero-order chi connectivity index (χ0) is 15.3. The van der Waals surface area contributed by atoms with Gasteiger partial charge in [-0.15, -0.1) is 0 Å². The van der Waals surface area contributed by atoms with Crippen LogP contribution in [0.15, 0.2) is 12.1 Å². The van der Waals surface area contributed by atoms with Crippen molar-refractivity contribution < 1.29 is 22.1 Å². The van der Waals surface area contributed by atoms with Crippen LogP contribution in [0, 0.1) is 21.3 Å². The predicted molar refractivity (Wildman–Crippen MR) is 95.0 cm³/mol. The van der Waals surface area contributed by atoms with E-state index in [-0.39, 0.29) is 7.43 Å². The molecule has 0 aliphatic heterocycles. The standard InChI is InChI=1S/C15H24OSi.CH3.2ClH.Ti/c1-11-9-12(2)15(16)14(10-11)17(3,4)13-7-5-6-8-13;;;;/h9-10,13,16H,5-8H2,1-4H3;1H3;2*1H;/q;-1;;;+2/p-2. The number of hydrogen-bond acceptors (Lipinski definition) is 1. The molecule has 0 amide bonds. The van der Waals surface area contributed by atoms with E-state index in [0.717, 1.165) is 11.1 Å². The summed E-state index contributed by atoms with van der Waals surface area (Å²) in [5.41, 5.74) is 3.18. The molecule has 0 bridgehead atoms. The second kappa shape index (κ2) is 9.62. The zero-order valence-corrected chi connectivity index (χ0v) is 17.8. The van der Waals surface area contributed by atoms with Gasteiger partial charge in [0.25, 0.3) is 0 Å². The molecule has 5 heteroatoms. The fourth-order valence-corrected chi connectivity index (χ4v) is 7.02. The van der Waals surface area contributed by atoms with Gasteiger partial charge in [0.05, 0.1) is 8.07 Å². The van der Waals surface area contributed by atoms with Crippen LogP contribution in [0.3, 0.4) is 0 Å². The van der Waals surface area contributed by atoms with E-state index in [0.29, 0.717) is 5.75 Å². The summed E-state index contributed by atoms with van der Waals surface area (Å²) in [5, 5.41) is 11.6. The van der Waals surface area contributed by atoms with E-state index in [1.54, 1.807) is 0 Å². The van der Waals surface area contributed by atoms with E-state index in [9.17, 15) is 5.11 Å². The summed E-state index contributed by atoms with van der Waals surface area (Å²) in [4.78, 5) is 0. The summed E-state index contributed by atoms with van der Waals surface area (Å²) >= 11 is -0.556. The van der Waals surface area contributed by atoms with E-state index in [1.165, 1.54) is 36.4 Å². The van der Waals surface area contributed by atoms with Gasteiger partial charge in [0.15, 0.2) is 0 Å². The number of hydrogen-bond donors (Lipinski definition) is 1. The van der Waals surface area contributed by atoms with Crippen LogP contribution in [0.4, 0.5) is 0 Å². The number of rotatable bonds is 2. The maximum absolute atomic E-state index is 10.4. The first-order valence-electron chi connectivity index (χ1n) is 7.11. The van der Waals surface area contributed by atoms with Crippen LogP contribution in [0.5, 0.6) is 5.75 Å². The summed E-state index contributed by atoms with van der Waals surface area (Å²) in [6.45, 7) is 9.01. The molecule has 0 spiro atoms. The molecule has 1 aromatic carbocycles. The van der Waals surface area contributed by atoms with Gasteiger partial charge in [0, 0.05) is 0 Å². The number of aryl methyl sites for hydroxylation is 2. The molecular formula is C16H27Cl2OSiTi-. The normalized spacial score (nSPS) is 15.0. The fourth-order valence-electron chi connectivity index (χ4n) is 3.32. The zero-order valence-electron chi connectivity index (χ0n) is 13.8. The van der Waals surface area contributed by atoms with E-state index in [2.05, 4.69) is 32.2 Å². The first kappa shape index (κ1) is 21.5. The minimum atomic E-state index is -1.50. The Balaban J connectivity index is 0.000000922. The Hall–Kier alpha value is 0.531. The molecule has 2 rings (SSSR count). The van der Waals surface area contributed by atoms with Gasteiger partial charge in [-0.1, -0.05) is 56.5 Å². The first-order chi connectivity index (χ1) is 9.34. The van der Waals surface area contributed by atoms with Gasteiger partial charge in [-0.2, -0.15) is 0 Å². The summed E-state index contributed by atoms with van der Waals surface area (Å²) in [6, 6.07) is 4.31. The molecular weight excluding hydrogens is 355 g/mol. The monoisotopic (exact) mass is 381 g/mol. The Morgan fingerprint density at radius 3 is 2.10 bits per heavy atom. The number of phenols is 1. The average molecular weight is 382 g/mol. The Morgan fingerprint density at radius 2 is 1.62 bits per heavy atom. The van der Waals surface area contributed by atoms with E-state index >= 15 is 0 Å². The van der Waals surface area contributed by atoms with Crippen LogP contribution in [0.1, 0.15) is 36.8 Å². The Kier molecular flexibility index (Phi) is 9.86. The van der Waals surface area contributed by atoms with E-state index in [1.807, 2.05) is 6.92 Å². The quantitative estimate of drug-likeness (QED) is 0.514. The van der Waals surface area contributed by atoms with Gasteiger partial charge in [0.1, 0.15) is 5.75 Å². The van der Waals surface area contributed by atoms with Gasteiger partial charge in [-0.25, -0.2) is 0 Å². The number of phenolic OH excluding ortho intramolecular Hbond substituents is 1. The third-order valence-corrected chi connectivity index (χ3v) is 8.90. The van der Waals surface area contributed by atoms with Crippen LogP contribution in [-0.4, -0.2) is 13.2 Å².